The van der Waals surface area contributed by atoms with E-state index in [0.717, 1.165) is 34.2 Å². The maximum Gasteiger partial charge on any atom is 0.282 e. The standard InChI is InChI=1S/C29H28N2O2/c1-18-10-12-24(21(4)15-18)26-27(30-14-13-22-7-5-6-8-23(22)17-30)29(33)31(28(26)32)25-16-19(2)9-11-20(25)3/h5-12,15-16H,13-14,17H2,1-4H3. The normalized spacial score (nSPS) is 16.0. The van der Waals surface area contributed by atoms with Gasteiger partial charge in [-0.2, -0.15) is 0 Å². The Balaban J connectivity index is 1.67. The van der Waals surface area contributed by atoms with E-state index in [1.807, 2.05) is 64.1 Å². The second-order valence-electron chi connectivity index (χ2n) is 9.22. The van der Waals surface area contributed by atoms with Gasteiger partial charge in [-0.1, -0.05) is 60.2 Å². The Morgan fingerprint density at radius 1 is 0.727 bits per heavy atom. The van der Waals surface area contributed by atoms with E-state index >= 15 is 0 Å². The molecule has 166 valence electrons. The third kappa shape index (κ3) is 3.56. The summed E-state index contributed by atoms with van der Waals surface area (Å²) >= 11 is 0. The number of anilines is 1. The van der Waals surface area contributed by atoms with E-state index in [1.165, 1.54) is 16.0 Å². The second-order valence-corrected chi connectivity index (χ2v) is 9.22. The Bertz CT molecular complexity index is 1340. The van der Waals surface area contributed by atoms with Crippen molar-refractivity contribution >= 4 is 23.1 Å². The van der Waals surface area contributed by atoms with Crippen molar-refractivity contribution < 1.29 is 9.59 Å². The van der Waals surface area contributed by atoms with Crippen molar-refractivity contribution in [1.82, 2.24) is 4.90 Å². The fourth-order valence-corrected chi connectivity index (χ4v) is 5.01. The number of benzene rings is 3. The van der Waals surface area contributed by atoms with E-state index in [9.17, 15) is 9.59 Å². The third-order valence-corrected chi connectivity index (χ3v) is 6.76. The molecular formula is C29H28N2O2. The van der Waals surface area contributed by atoms with Gasteiger partial charge >= 0.3 is 0 Å². The molecule has 0 saturated heterocycles. The average Bonchev–Trinajstić information content (AvgIpc) is 3.05. The number of nitrogens with zero attached hydrogens (tertiary/aromatic N) is 2. The van der Waals surface area contributed by atoms with E-state index in [4.69, 9.17) is 0 Å². The fourth-order valence-electron chi connectivity index (χ4n) is 5.01. The van der Waals surface area contributed by atoms with Crippen LogP contribution in [0.3, 0.4) is 0 Å². The van der Waals surface area contributed by atoms with E-state index in [-0.39, 0.29) is 11.8 Å². The lowest BCUT2D eigenvalue weighted by Gasteiger charge is -2.31. The van der Waals surface area contributed by atoms with Gasteiger partial charge in [-0.15, -0.1) is 0 Å². The molecule has 0 aliphatic carbocycles. The molecule has 0 bridgehead atoms. The summed E-state index contributed by atoms with van der Waals surface area (Å²) in [6.45, 7) is 9.31. The van der Waals surface area contributed by atoms with E-state index < -0.39 is 0 Å². The summed E-state index contributed by atoms with van der Waals surface area (Å²) in [5, 5.41) is 0. The highest BCUT2D eigenvalue weighted by molar-refractivity contribution is 6.45. The number of fused-ring (bicyclic) bond motifs is 1. The fraction of sp³-hybridized carbons (Fsp3) is 0.241. The number of carbonyl (C=O) groups excluding carboxylic acids is 2. The topological polar surface area (TPSA) is 40.6 Å². The van der Waals surface area contributed by atoms with Gasteiger partial charge in [-0.05, 0) is 73.6 Å². The van der Waals surface area contributed by atoms with Crippen LogP contribution >= 0.6 is 0 Å². The van der Waals surface area contributed by atoms with Crippen molar-refractivity contribution in [2.75, 3.05) is 11.4 Å². The molecule has 3 aromatic rings. The third-order valence-electron chi connectivity index (χ3n) is 6.76. The van der Waals surface area contributed by atoms with Gasteiger partial charge in [-0.25, -0.2) is 4.90 Å². The van der Waals surface area contributed by atoms with Gasteiger partial charge in [0.15, 0.2) is 0 Å². The number of amides is 2. The van der Waals surface area contributed by atoms with Gasteiger partial charge in [0.25, 0.3) is 11.8 Å². The van der Waals surface area contributed by atoms with Crippen LogP contribution in [-0.4, -0.2) is 23.3 Å². The molecule has 0 fully saturated rings. The molecule has 2 aliphatic rings. The lowest BCUT2D eigenvalue weighted by atomic mass is 9.95. The first-order valence-electron chi connectivity index (χ1n) is 11.4. The summed E-state index contributed by atoms with van der Waals surface area (Å²) in [6.07, 6.45) is 0.852. The minimum absolute atomic E-state index is 0.233. The number of rotatable bonds is 3. The number of hydrogen-bond acceptors (Lipinski definition) is 3. The van der Waals surface area contributed by atoms with Gasteiger partial charge in [0.2, 0.25) is 0 Å². The van der Waals surface area contributed by atoms with Gasteiger partial charge < -0.3 is 4.90 Å². The van der Waals surface area contributed by atoms with E-state index in [0.29, 0.717) is 30.0 Å². The lowest BCUT2D eigenvalue weighted by molar-refractivity contribution is -0.120. The first kappa shape index (κ1) is 21.2. The molecule has 0 aromatic heterocycles. The Morgan fingerprint density at radius 2 is 1.42 bits per heavy atom. The Kier molecular flexibility index (Phi) is 5.16. The zero-order valence-corrected chi connectivity index (χ0v) is 19.6. The van der Waals surface area contributed by atoms with Crippen LogP contribution in [0.1, 0.15) is 38.9 Å². The molecule has 0 unspecified atom stereocenters. The number of imide groups is 1. The van der Waals surface area contributed by atoms with Crippen molar-refractivity contribution in [2.24, 2.45) is 0 Å². The summed E-state index contributed by atoms with van der Waals surface area (Å²) in [6, 6.07) is 20.3. The monoisotopic (exact) mass is 436 g/mol. The van der Waals surface area contributed by atoms with Crippen LogP contribution < -0.4 is 4.90 Å². The Labute approximate surface area is 195 Å². The Morgan fingerprint density at radius 3 is 2.18 bits per heavy atom. The smallest absolute Gasteiger partial charge is 0.282 e. The van der Waals surface area contributed by atoms with Crippen molar-refractivity contribution in [3.8, 4) is 0 Å². The molecule has 2 aliphatic heterocycles. The molecule has 3 aromatic carbocycles. The number of hydrogen-bond donors (Lipinski definition) is 0. The quantitative estimate of drug-likeness (QED) is 0.526. The van der Waals surface area contributed by atoms with Gasteiger partial charge in [0, 0.05) is 13.1 Å². The van der Waals surface area contributed by atoms with E-state index in [1.54, 1.807) is 0 Å². The van der Waals surface area contributed by atoms with Crippen LogP contribution in [-0.2, 0) is 22.6 Å². The maximum atomic E-state index is 14.0. The molecule has 4 nitrogen and oxygen atoms in total. The highest BCUT2D eigenvalue weighted by Crippen LogP contribution is 2.39. The molecule has 0 N–H and O–H groups in total. The summed E-state index contributed by atoms with van der Waals surface area (Å²) in [4.78, 5) is 31.4. The average molecular weight is 437 g/mol. The molecule has 33 heavy (non-hydrogen) atoms. The largest absolute Gasteiger partial charge is 0.362 e. The molecule has 2 amide bonds. The summed E-state index contributed by atoms with van der Waals surface area (Å²) in [5.74, 6) is -0.474. The second kappa shape index (κ2) is 8.04. The molecule has 0 atom stereocenters. The first-order chi connectivity index (χ1) is 15.8. The highest BCUT2D eigenvalue weighted by atomic mass is 16.2. The Hall–Kier alpha value is -3.66. The predicted octanol–water partition coefficient (Wildman–Crippen LogP) is 5.26. The molecular weight excluding hydrogens is 408 g/mol. The van der Waals surface area contributed by atoms with Crippen LogP contribution in [0.15, 0.2) is 66.4 Å². The van der Waals surface area contributed by atoms with Crippen LogP contribution in [0.2, 0.25) is 0 Å². The van der Waals surface area contributed by atoms with Crippen molar-refractivity contribution in [1.29, 1.82) is 0 Å². The molecule has 5 rings (SSSR count). The SMILES string of the molecule is Cc1ccc(C2=C(N3CCc4ccccc4C3)C(=O)N(c3cc(C)ccc3C)C2=O)c(C)c1. The number of carbonyl (C=O) groups is 2. The molecule has 0 spiro atoms. The van der Waals surface area contributed by atoms with Crippen molar-refractivity contribution in [3.05, 3.63) is 105 Å². The minimum Gasteiger partial charge on any atom is -0.362 e. The summed E-state index contributed by atoms with van der Waals surface area (Å²) in [5.41, 5.74) is 9.11. The zero-order valence-electron chi connectivity index (χ0n) is 19.6. The van der Waals surface area contributed by atoms with Gasteiger partial charge in [0.05, 0.1) is 11.3 Å². The molecule has 4 heteroatoms. The van der Waals surface area contributed by atoms with Gasteiger partial charge in [0.1, 0.15) is 5.70 Å². The maximum absolute atomic E-state index is 14.0. The number of aryl methyl sites for hydroxylation is 4. The molecule has 2 heterocycles. The van der Waals surface area contributed by atoms with Gasteiger partial charge in [-0.3, -0.25) is 9.59 Å². The predicted molar refractivity (Wildman–Crippen MR) is 132 cm³/mol. The first-order valence-corrected chi connectivity index (χ1v) is 11.4. The zero-order chi connectivity index (χ0) is 23.3. The van der Waals surface area contributed by atoms with E-state index in [2.05, 4.69) is 29.2 Å². The summed E-state index contributed by atoms with van der Waals surface area (Å²) < 4.78 is 0. The van der Waals surface area contributed by atoms with Crippen LogP contribution in [0.25, 0.3) is 5.57 Å². The molecule has 0 saturated carbocycles. The minimum atomic E-state index is -0.241. The lowest BCUT2D eigenvalue weighted by Crippen LogP contribution is -2.37. The molecule has 0 radical (unpaired) electrons. The van der Waals surface area contributed by atoms with Crippen molar-refractivity contribution in [3.63, 3.8) is 0 Å². The van der Waals surface area contributed by atoms with Crippen LogP contribution in [0, 0.1) is 27.7 Å². The van der Waals surface area contributed by atoms with Crippen LogP contribution in [0.5, 0.6) is 0 Å². The highest BCUT2D eigenvalue weighted by Gasteiger charge is 2.43. The van der Waals surface area contributed by atoms with Crippen molar-refractivity contribution in [2.45, 2.75) is 40.7 Å². The summed E-state index contributed by atoms with van der Waals surface area (Å²) in [7, 11) is 0. The van der Waals surface area contributed by atoms with Crippen LogP contribution in [0.4, 0.5) is 5.69 Å².